The van der Waals surface area contributed by atoms with Crippen molar-refractivity contribution in [1.82, 2.24) is 30.1 Å². The van der Waals surface area contributed by atoms with E-state index in [4.69, 9.17) is 0 Å². The topological polar surface area (TPSA) is 112 Å². The number of hydrogen-bond donors (Lipinski definition) is 3. The molecular formula is C27H20FN7O. The first kappa shape index (κ1) is 21.6. The minimum absolute atomic E-state index is 0.0808. The van der Waals surface area contributed by atoms with Crippen LogP contribution in [0, 0.1) is 5.82 Å². The number of benzene rings is 1. The third-order valence-corrected chi connectivity index (χ3v) is 6.07. The summed E-state index contributed by atoms with van der Waals surface area (Å²) in [7, 11) is 0. The fourth-order valence-corrected chi connectivity index (χ4v) is 4.26. The smallest absolute Gasteiger partial charge is 0.224 e. The Morgan fingerprint density at radius 3 is 2.64 bits per heavy atom. The molecule has 0 spiro atoms. The molecule has 0 fully saturated rings. The van der Waals surface area contributed by atoms with Crippen molar-refractivity contribution in [2.75, 3.05) is 5.32 Å². The molecule has 0 radical (unpaired) electrons. The predicted molar refractivity (Wildman–Crippen MR) is 137 cm³/mol. The highest BCUT2D eigenvalue weighted by Crippen LogP contribution is 2.35. The molecule has 9 heteroatoms. The second-order valence-electron chi connectivity index (χ2n) is 8.37. The summed E-state index contributed by atoms with van der Waals surface area (Å²) < 4.78 is 14.5. The largest absolute Gasteiger partial charge is 0.352 e. The van der Waals surface area contributed by atoms with Crippen LogP contribution >= 0.6 is 0 Å². The standard InChI is InChI=1S/C27H20FN7O/c1-2-25(36)32-17-7-15(10-29-12-17)16-8-20-26(34-35-27(20)31-11-16)23-9-19-21(13-30-14-24(19)33-23)18-5-3-4-6-22(18)28/h3-14,33H,2H2,1H3,(H,32,36)(H,31,34,35). The van der Waals surface area contributed by atoms with Crippen LogP contribution in [0.5, 0.6) is 0 Å². The number of aromatic amines is 2. The fraction of sp³-hybridized carbons (Fsp3) is 0.0741. The minimum Gasteiger partial charge on any atom is -0.352 e. The van der Waals surface area contributed by atoms with Crippen LogP contribution in [0.2, 0.25) is 0 Å². The minimum atomic E-state index is -0.304. The lowest BCUT2D eigenvalue weighted by molar-refractivity contribution is -0.115. The van der Waals surface area contributed by atoms with Crippen LogP contribution in [0.1, 0.15) is 13.3 Å². The van der Waals surface area contributed by atoms with Crippen molar-refractivity contribution in [3.05, 3.63) is 79.3 Å². The van der Waals surface area contributed by atoms with E-state index in [9.17, 15) is 9.18 Å². The van der Waals surface area contributed by atoms with E-state index in [2.05, 4.69) is 35.5 Å². The number of hydrogen-bond acceptors (Lipinski definition) is 5. The van der Waals surface area contributed by atoms with Gasteiger partial charge in [-0.25, -0.2) is 9.37 Å². The van der Waals surface area contributed by atoms with Gasteiger partial charge in [-0.15, -0.1) is 0 Å². The molecule has 0 saturated carbocycles. The highest BCUT2D eigenvalue weighted by Gasteiger charge is 2.16. The van der Waals surface area contributed by atoms with Crippen LogP contribution < -0.4 is 5.32 Å². The Morgan fingerprint density at radius 1 is 0.944 bits per heavy atom. The lowest BCUT2D eigenvalue weighted by atomic mass is 10.0. The first-order chi connectivity index (χ1) is 17.6. The van der Waals surface area contributed by atoms with Crippen molar-refractivity contribution in [3.63, 3.8) is 0 Å². The highest BCUT2D eigenvalue weighted by atomic mass is 19.1. The molecule has 5 heterocycles. The van der Waals surface area contributed by atoms with E-state index < -0.39 is 0 Å². The number of halogens is 1. The third kappa shape index (κ3) is 3.76. The number of carbonyl (C=O) groups is 1. The summed E-state index contributed by atoms with van der Waals surface area (Å²) in [6.45, 7) is 1.80. The number of pyridine rings is 3. The number of H-pyrrole nitrogens is 2. The van der Waals surface area contributed by atoms with E-state index in [0.717, 1.165) is 38.8 Å². The van der Waals surface area contributed by atoms with Crippen molar-refractivity contribution in [2.24, 2.45) is 0 Å². The Hall–Kier alpha value is -4.92. The lowest BCUT2D eigenvalue weighted by Gasteiger charge is -2.06. The van der Waals surface area contributed by atoms with Gasteiger partial charge in [0.1, 0.15) is 5.82 Å². The first-order valence-corrected chi connectivity index (χ1v) is 11.4. The molecule has 176 valence electrons. The predicted octanol–water partition coefficient (Wildman–Crippen LogP) is 5.72. The van der Waals surface area contributed by atoms with E-state index in [1.807, 2.05) is 18.2 Å². The molecule has 1 aromatic carbocycles. The molecule has 0 unspecified atom stereocenters. The molecule has 6 rings (SSSR count). The van der Waals surface area contributed by atoms with Gasteiger partial charge in [-0.2, -0.15) is 5.10 Å². The Kier molecular flexibility index (Phi) is 5.22. The number of carbonyl (C=O) groups excluding carboxylic acids is 1. The quantitative estimate of drug-likeness (QED) is 0.294. The lowest BCUT2D eigenvalue weighted by Crippen LogP contribution is -2.09. The van der Waals surface area contributed by atoms with Crippen LogP contribution in [0.3, 0.4) is 0 Å². The highest BCUT2D eigenvalue weighted by molar-refractivity contribution is 6.00. The number of rotatable bonds is 5. The Morgan fingerprint density at radius 2 is 1.78 bits per heavy atom. The van der Waals surface area contributed by atoms with Crippen LogP contribution in [0.4, 0.5) is 10.1 Å². The number of fused-ring (bicyclic) bond motifs is 2. The summed E-state index contributed by atoms with van der Waals surface area (Å²) in [6.07, 6.45) is 8.82. The van der Waals surface area contributed by atoms with Gasteiger partial charge in [-0.05, 0) is 24.3 Å². The second-order valence-corrected chi connectivity index (χ2v) is 8.37. The van der Waals surface area contributed by atoms with Crippen LogP contribution in [-0.2, 0) is 4.79 Å². The summed E-state index contributed by atoms with van der Waals surface area (Å²) in [5, 5.41) is 11.9. The molecule has 0 aliphatic heterocycles. The van der Waals surface area contributed by atoms with Gasteiger partial charge in [0.15, 0.2) is 5.65 Å². The van der Waals surface area contributed by atoms with E-state index in [1.165, 1.54) is 6.07 Å². The Labute approximate surface area is 204 Å². The van der Waals surface area contributed by atoms with Crippen molar-refractivity contribution in [2.45, 2.75) is 13.3 Å². The number of nitrogens with one attached hydrogen (secondary N) is 3. The maximum atomic E-state index is 14.5. The molecule has 0 aliphatic rings. The molecule has 5 aromatic heterocycles. The molecule has 6 aromatic rings. The van der Waals surface area contributed by atoms with Crippen LogP contribution in [0.25, 0.3) is 55.6 Å². The van der Waals surface area contributed by atoms with Crippen molar-refractivity contribution < 1.29 is 9.18 Å². The number of anilines is 1. The third-order valence-electron chi connectivity index (χ3n) is 6.07. The molecular weight excluding hydrogens is 457 g/mol. The van der Waals surface area contributed by atoms with Gasteiger partial charge in [-0.3, -0.25) is 19.9 Å². The SMILES string of the molecule is CCC(=O)Nc1cncc(-c2cnc3n[nH]c(-c4cc5c(-c6ccccc6F)cncc5[nH]4)c3c2)c1. The Bertz CT molecular complexity index is 1750. The van der Waals surface area contributed by atoms with Gasteiger partial charge in [0.25, 0.3) is 0 Å². The van der Waals surface area contributed by atoms with Gasteiger partial charge >= 0.3 is 0 Å². The zero-order chi connectivity index (χ0) is 24.6. The zero-order valence-corrected chi connectivity index (χ0v) is 19.2. The molecule has 0 atom stereocenters. The van der Waals surface area contributed by atoms with Crippen LogP contribution in [0.15, 0.2) is 73.4 Å². The normalized spacial score (nSPS) is 11.3. The first-order valence-electron chi connectivity index (χ1n) is 11.4. The maximum Gasteiger partial charge on any atom is 0.224 e. The van der Waals surface area contributed by atoms with E-state index >= 15 is 0 Å². The molecule has 0 saturated heterocycles. The molecule has 0 aliphatic carbocycles. The van der Waals surface area contributed by atoms with E-state index in [-0.39, 0.29) is 11.7 Å². The molecule has 36 heavy (non-hydrogen) atoms. The summed E-state index contributed by atoms with van der Waals surface area (Å²) in [6, 6.07) is 12.4. The van der Waals surface area contributed by atoms with Gasteiger partial charge < -0.3 is 10.3 Å². The average molecular weight is 478 g/mol. The van der Waals surface area contributed by atoms with Crippen molar-refractivity contribution in [3.8, 4) is 33.6 Å². The van der Waals surface area contributed by atoms with Gasteiger partial charge in [0.05, 0.1) is 35.0 Å². The van der Waals surface area contributed by atoms with Crippen molar-refractivity contribution in [1.29, 1.82) is 0 Å². The number of nitrogens with zero attached hydrogens (tertiary/aromatic N) is 4. The monoisotopic (exact) mass is 477 g/mol. The van der Waals surface area contributed by atoms with Crippen molar-refractivity contribution >= 4 is 33.5 Å². The second kappa shape index (κ2) is 8.70. The summed E-state index contributed by atoms with van der Waals surface area (Å²) >= 11 is 0. The molecule has 8 nitrogen and oxygen atoms in total. The van der Waals surface area contributed by atoms with Crippen LogP contribution in [-0.4, -0.2) is 36.0 Å². The Balaban J connectivity index is 1.44. The van der Waals surface area contributed by atoms with E-state index in [1.54, 1.807) is 56.1 Å². The number of aromatic nitrogens is 6. The van der Waals surface area contributed by atoms with Gasteiger partial charge in [0.2, 0.25) is 5.91 Å². The molecule has 3 N–H and O–H groups in total. The maximum absolute atomic E-state index is 14.5. The summed E-state index contributed by atoms with van der Waals surface area (Å²) in [4.78, 5) is 28.2. The number of amides is 1. The summed E-state index contributed by atoms with van der Waals surface area (Å²) in [5.74, 6) is -0.385. The summed E-state index contributed by atoms with van der Waals surface area (Å²) in [5.41, 5.74) is 6.32. The fourth-order valence-electron chi connectivity index (χ4n) is 4.26. The zero-order valence-electron chi connectivity index (χ0n) is 19.2. The van der Waals surface area contributed by atoms with Gasteiger partial charge in [-0.1, -0.05) is 25.1 Å². The molecule has 1 amide bonds. The van der Waals surface area contributed by atoms with E-state index in [0.29, 0.717) is 28.9 Å². The van der Waals surface area contributed by atoms with Gasteiger partial charge in [0, 0.05) is 58.0 Å². The average Bonchev–Trinajstić information content (AvgIpc) is 3.52. The molecule has 0 bridgehead atoms.